The molecular weight excluding hydrogens is 422 g/mol. The summed E-state index contributed by atoms with van der Waals surface area (Å²) in [6, 6.07) is 18.0. The molecule has 1 aliphatic rings. The lowest BCUT2D eigenvalue weighted by atomic mass is 10.0. The molecule has 32 heavy (non-hydrogen) atoms. The molecule has 2 N–H and O–H groups in total. The Labute approximate surface area is 191 Å². The maximum Gasteiger partial charge on any atom is 0.334 e. The number of hydrogen-bond acceptors (Lipinski definition) is 4. The molecule has 2 aromatic rings. The third-order valence-corrected chi connectivity index (χ3v) is 8.35. The topological polar surface area (TPSA) is 79.9 Å². The first kappa shape index (κ1) is 24.0. The Hall–Kier alpha value is -2.68. The Bertz CT molecular complexity index is 889. The molecule has 0 aromatic heterocycles. The van der Waals surface area contributed by atoms with Gasteiger partial charge in [-0.25, -0.2) is 15.2 Å². The summed E-state index contributed by atoms with van der Waals surface area (Å²) < 4.78 is 12.1. The van der Waals surface area contributed by atoms with Crippen molar-refractivity contribution < 1.29 is 19.1 Å². The molecule has 1 aliphatic heterocycles. The van der Waals surface area contributed by atoms with E-state index < -0.39 is 20.2 Å². The predicted octanol–water partition coefficient (Wildman–Crippen LogP) is 3.59. The van der Waals surface area contributed by atoms with E-state index >= 15 is 0 Å². The highest BCUT2D eigenvalue weighted by Crippen LogP contribution is 2.16. The van der Waals surface area contributed by atoms with Gasteiger partial charge in [-0.15, -0.1) is 0 Å². The molecule has 1 fully saturated rings. The van der Waals surface area contributed by atoms with Gasteiger partial charge in [-0.05, 0) is 31.0 Å². The number of urea groups is 1. The van der Waals surface area contributed by atoms with E-state index in [0.717, 1.165) is 5.56 Å². The average Bonchev–Trinajstić information content (AvgIpc) is 2.92. The molecule has 0 bridgehead atoms. The fourth-order valence-corrected chi connectivity index (χ4v) is 3.91. The molecule has 2 aromatic carbocycles. The van der Waals surface area contributed by atoms with Gasteiger partial charge in [-0.1, -0.05) is 68.2 Å². The number of hydrazine groups is 1. The largest absolute Gasteiger partial charge is 0.356 e. The van der Waals surface area contributed by atoms with Crippen molar-refractivity contribution in [1.29, 1.82) is 0 Å². The first-order chi connectivity index (χ1) is 15.2. The van der Waals surface area contributed by atoms with Crippen LogP contribution in [0, 0.1) is 0 Å². The molecule has 0 saturated carbocycles. The molecule has 3 atom stereocenters. The third-order valence-electron chi connectivity index (χ3n) is 5.75. The molecule has 1 heterocycles. The standard InChI is InChI=1S/C24H33N3O4Si/c1-18(32(2,3)4)30-17-31-22-16-27(23(28)20-13-9-6-10-14-20)26-24(29)25-21(22)15-19-11-7-5-8-12-19/h5-14,18,21-22H,15-17H2,1-4H3,(H2,25,26,29)/t18?,21-,22-/m1/s1. The van der Waals surface area contributed by atoms with Crippen molar-refractivity contribution in [3.63, 3.8) is 0 Å². The lowest BCUT2D eigenvalue weighted by Gasteiger charge is -2.30. The van der Waals surface area contributed by atoms with E-state index in [4.69, 9.17) is 9.47 Å². The predicted molar refractivity (Wildman–Crippen MR) is 127 cm³/mol. The molecular formula is C24H33N3O4Si. The Morgan fingerprint density at radius 3 is 2.34 bits per heavy atom. The van der Waals surface area contributed by atoms with Crippen molar-refractivity contribution in [3.05, 3.63) is 71.8 Å². The van der Waals surface area contributed by atoms with E-state index in [0.29, 0.717) is 12.0 Å². The zero-order valence-electron chi connectivity index (χ0n) is 19.2. The highest BCUT2D eigenvalue weighted by Gasteiger charge is 2.34. The minimum Gasteiger partial charge on any atom is -0.356 e. The lowest BCUT2D eigenvalue weighted by Crippen LogP contribution is -2.48. The smallest absolute Gasteiger partial charge is 0.334 e. The molecule has 0 spiro atoms. The Kier molecular flexibility index (Phi) is 8.06. The number of nitrogens with one attached hydrogen (secondary N) is 2. The van der Waals surface area contributed by atoms with Gasteiger partial charge in [0, 0.05) is 11.3 Å². The second-order valence-electron chi connectivity index (χ2n) is 9.16. The normalized spacial score (nSPS) is 20.1. The highest BCUT2D eigenvalue weighted by atomic mass is 28.3. The molecule has 7 nitrogen and oxygen atoms in total. The summed E-state index contributed by atoms with van der Waals surface area (Å²) >= 11 is 0. The summed E-state index contributed by atoms with van der Waals surface area (Å²) in [6.07, 6.45) is 0.131. The van der Waals surface area contributed by atoms with Crippen molar-refractivity contribution in [2.45, 2.75) is 50.9 Å². The van der Waals surface area contributed by atoms with Gasteiger partial charge in [0.25, 0.3) is 5.91 Å². The number of nitrogens with zero attached hydrogens (tertiary/aromatic N) is 1. The van der Waals surface area contributed by atoms with Gasteiger partial charge in [-0.2, -0.15) is 0 Å². The van der Waals surface area contributed by atoms with Crippen LogP contribution in [-0.4, -0.2) is 56.2 Å². The number of amides is 3. The fourth-order valence-electron chi connectivity index (χ4n) is 3.34. The van der Waals surface area contributed by atoms with Crippen LogP contribution in [0.15, 0.2) is 60.7 Å². The van der Waals surface area contributed by atoms with Crippen molar-refractivity contribution in [1.82, 2.24) is 15.8 Å². The molecule has 0 aliphatic carbocycles. The number of carbonyl (C=O) groups excluding carboxylic acids is 2. The van der Waals surface area contributed by atoms with Gasteiger partial charge in [-0.3, -0.25) is 4.79 Å². The van der Waals surface area contributed by atoms with Crippen LogP contribution in [0.5, 0.6) is 0 Å². The third kappa shape index (κ3) is 6.66. The van der Waals surface area contributed by atoms with Gasteiger partial charge in [0.1, 0.15) is 12.9 Å². The van der Waals surface area contributed by atoms with Crippen LogP contribution in [0.1, 0.15) is 22.8 Å². The molecule has 8 heteroatoms. The highest BCUT2D eigenvalue weighted by molar-refractivity contribution is 6.77. The maximum atomic E-state index is 13.0. The van der Waals surface area contributed by atoms with Gasteiger partial charge in [0.15, 0.2) is 0 Å². The number of benzene rings is 2. The number of ether oxygens (including phenoxy) is 2. The van der Waals surface area contributed by atoms with Gasteiger partial charge in [0.2, 0.25) is 0 Å². The summed E-state index contributed by atoms with van der Waals surface area (Å²) in [5, 5.41) is 4.29. The van der Waals surface area contributed by atoms with Crippen molar-refractivity contribution >= 4 is 20.0 Å². The molecule has 1 saturated heterocycles. The Morgan fingerprint density at radius 2 is 1.72 bits per heavy atom. The number of hydrogen-bond donors (Lipinski definition) is 2. The molecule has 172 valence electrons. The molecule has 0 radical (unpaired) electrons. The minimum atomic E-state index is -1.47. The van der Waals surface area contributed by atoms with Crippen LogP contribution in [0.2, 0.25) is 19.6 Å². The van der Waals surface area contributed by atoms with Crippen LogP contribution in [0.3, 0.4) is 0 Å². The summed E-state index contributed by atoms with van der Waals surface area (Å²) in [5.74, 6) is -0.286. The van der Waals surface area contributed by atoms with Crippen LogP contribution in [0.4, 0.5) is 4.79 Å². The second kappa shape index (κ2) is 10.8. The van der Waals surface area contributed by atoms with Crippen LogP contribution < -0.4 is 10.7 Å². The minimum absolute atomic E-state index is 0.102. The summed E-state index contributed by atoms with van der Waals surface area (Å²) in [4.78, 5) is 25.6. The van der Waals surface area contributed by atoms with E-state index in [1.807, 2.05) is 36.4 Å². The SMILES string of the molecule is CC(OCO[C@@H]1CN(C(=O)c2ccccc2)NC(=O)N[C@@H]1Cc1ccccc1)[Si](C)(C)C. The van der Waals surface area contributed by atoms with Crippen LogP contribution in [0.25, 0.3) is 0 Å². The van der Waals surface area contributed by atoms with Crippen LogP contribution >= 0.6 is 0 Å². The van der Waals surface area contributed by atoms with E-state index in [2.05, 4.69) is 37.3 Å². The number of rotatable bonds is 8. The zero-order valence-corrected chi connectivity index (χ0v) is 20.2. The molecule has 1 unspecified atom stereocenters. The van der Waals surface area contributed by atoms with E-state index in [1.165, 1.54) is 5.01 Å². The molecule has 3 rings (SSSR count). The average molecular weight is 456 g/mol. The van der Waals surface area contributed by atoms with Crippen molar-refractivity contribution in [2.24, 2.45) is 0 Å². The first-order valence-electron chi connectivity index (χ1n) is 10.9. The summed E-state index contributed by atoms with van der Waals surface area (Å²) in [6.45, 7) is 9.10. The summed E-state index contributed by atoms with van der Waals surface area (Å²) in [7, 11) is -1.47. The number of carbonyl (C=O) groups is 2. The fraction of sp³-hybridized carbons (Fsp3) is 0.417. The van der Waals surface area contributed by atoms with Gasteiger partial charge in [0.05, 0.1) is 20.7 Å². The first-order valence-corrected chi connectivity index (χ1v) is 14.5. The van der Waals surface area contributed by atoms with Crippen LogP contribution in [-0.2, 0) is 15.9 Å². The van der Waals surface area contributed by atoms with E-state index in [9.17, 15) is 9.59 Å². The zero-order chi connectivity index (χ0) is 23.1. The van der Waals surface area contributed by atoms with E-state index in [1.54, 1.807) is 24.3 Å². The second-order valence-corrected chi connectivity index (χ2v) is 14.7. The Morgan fingerprint density at radius 1 is 1.09 bits per heavy atom. The lowest BCUT2D eigenvalue weighted by molar-refractivity contribution is -0.110. The monoisotopic (exact) mass is 455 g/mol. The quantitative estimate of drug-likeness (QED) is 0.471. The van der Waals surface area contributed by atoms with Gasteiger partial charge >= 0.3 is 6.03 Å². The molecule has 3 amide bonds. The van der Waals surface area contributed by atoms with Crippen molar-refractivity contribution in [3.8, 4) is 0 Å². The van der Waals surface area contributed by atoms with Crippen molar-refractivity contribution in [2.75, 3.05) is 13.3 Å². The maximum absolute atomic E-state index is 13.0. The Balaban J connectivity index is 1.77. The van der Waals surface area contributed by atoms with Gasteiger partial charge < -0.3 is 14.8 Å². The van der Waals surface area contributed by atoms with E-state index in [-0.39, 0.29) is 31.0 Å². The summed E-state index contributed by atoms with van der Waals surface area (Å²) in [5.41, 5.74) is 4.36.